The number of hydrogen-bond donors (Lipinski definition) is 0. The van der Waals surface area contributed by atoms with Gasteiger partial charge in [0, 0.05) is 49.2 Å². The second kappa shape index (κ2) is 8.14. The summed E-state index contributed by atoms with van der Waals surface area (Å²) in [6.45, 7) is 3.18. The predicted octanol–water partition coefficient (Wildman–Crippen LogP) is -3.44. The molecule has 2 aliphatic rings. The van der Waals surface area contributed by atoms with E-state index in [0.29, 0.717) is 0 Å². The van der Waals surface area contributed by atoms with E-state index in [1.54, 1.807) is 0 Å². The van der Waals surface area contributed by atoms with E-state index in [1.807, 2.05) is 33.5 Å². The van der Waals surface area contributed by atoms with E-state index < -0.39 is 6.09 Å². The molecule has 0 unspecified atom stereocenters. The Kier molecular flexibility index (Phi) is 7.63. The van der Waals surface area contributed by atoms with Gasteiger partial charge in [-0.15, -0.1) is 0 Å². The molecular formula is C9H16N3NaO2S2. The second-order valence-corrected chi connectivity index (χ2v) is 6.14. The van der Waals surface area contributed by atoms with Gasteiger partial charge >= 0.3 is 29.6 Å². The molecule has 17 heavy (non-hydrogen) atoms. The third kappa shape index (κ3) is 4.49. The van der Waals surface area contributed by atoms with Crippen molar-refractivity contribution in [3.05, 3.63) is 0 Å². The van der Waals surface area contributed by atoms with Crippen LogP contribution in [0.15, 0.2) is 0 Å². The Morgan fingerprint density at radius 3 is 1.59 bits per heavy atom. The summed E-state index contributed by atoms with van der Waals surface area (Å²) in [6, 6.07) is 0. The average Bonchev–Trinajstić information content (AvgIpc) is 2.31. The van der Waals surface area contributed by atoms with Crippen LogP contribution in [0.25, 0.3) is 0 Å². The Morgan fingerprint density at radius 2 is 1.29 bits per heavy atom. The van der Waals surface area contributed by atoms with E-state index in [2.05, 4.69) is 0 Å². The summed E-state index contributed by atoms with van der Waals surface area (Å²) < 4.78 is 0. The Hall–Kier alpha value is 0.890. The van der Waals surface area contributed by atoms with Crippen molar-refractivity contribution >= 4 is 29.6 Å². The molecular weight excluding hydrogens is 269 g/mol. The van der Waals surface area contributed by atoms with Crippen molar-refractivity contribution in [2.45, 2.75) is 0 Å². The maximum Gasteiger partial charge on any atom is 1.00 e. The molecule has 2 saturated heterocycles. The largest absolute Gasteiger partial charge is 1.00 e. The van der Waals surface area contributed by atoms with Gasteiger partial charge in [0.2, 0.25) is 0 Å². The standard InChI is InChI=1S/C9H17N3O2S2.Na/c13-9(14)12(10-1-5-15-6-2-10)11-3-7-16-8-4-11;/h1-8H2,(H,13,14);/q;+1/p-1. The maximum absolute atomic E-state index is 11.2. The number of carbonyl (C=O) groups excluding carboxylic acids is 1. The van der Waals surface area contributed by atoms with E-state index in [4.69, 9.17) is 0 Å². The van der Waals surface area contributed by atoms with Gasteiger partial charge in [-0.3, -0.25) is 0 Å². The predicted molar refractivity (Wildman–Crippen MR) is 65.0 cm³/mol. The molecule has 0 spiro atoms. The Labute approximate surface area is 132 Å². The molecule has 2 heterocycles. The van der Waals surface area contributed by atoms with Crippen LogP contribution >= 0.6 is 23.5 Å². The van der Waals surface area contributed by atoms with Gasteiger partial charge < -0.3 is 9.90 Å². The van der Waals surface area contributed by atoms with Crippen molar-refractivity contribution in [2.75, 3.05) is 49.2 Å². The molecule has 5 nitrogen and oxygen atoms in total. The third-order valence-electron chi connectivity index (χ3n) is 2.67. The fourth-order valence-electron chi connectivity index (χ4n) is 1.90. The van der Waals surface area contributed by atoms with Gasteiger partial charge in [-0.1, -0.05) is 0 Å². The van der Waals surface area contributed by atoms with E-state index in [9.17, 15) is 9.90 Å². The van der Waals surface area contributed by atoms with Crippen molar-refractivity contribution in [3.63, 3.8) is 0 Å². The van der Waals surface area contributed by atoms with Crippen molar-refractivity contribution in [2.24, 2.45) is 0 Å². The molecule has 0 saturated carbocycles. The fraction of sp³-hybridized carbons (Fsp3) is 0.889. The van der Waals surface area contributed by atoms with E-state index in [1.165, 1.54) is 5.12 Å². The Bertz CT molecular complexity index is 230. The summed E-state index contributed by atoms with van der Waals surface area (Å²) in [4.78, 5) is 11.2. The van der Waals surface area contributed by atoms with Crippen LogP contribution in [0, 0.1) is 0 Å². The Morgan fingerprint density at radius 1 is 0.941 bits per heavy atom. The summed E-state index contributed by atoms with van der Waals surface area (Å²) in [5.74, 6) is 3.97. The normalized spacial score (nSPS) is 22.8. The van der Waals surface area contributed by atoms with Gasteiger partial charge in [0.25, 0.3) is 0 Å². The van der Waals surface area contributed by atoms with E-state index >= 15 is 0 Å². The molecule has 2 fully saturated rings. The summed E-state index contributed by atoms with van der Waals surface area (Å²) in [5, 5.41) is 16.3. The first kappa shape index (κ1) is 15.9. The minimum Gasteiger partial charge on any atom is -0.528 e. The zero-order chi connectivity index (χ0) is 11.4. The zero-order valence-electron chi connectivity index (χ0n) is 10.1. The van der Waals surface area contributed by atoms with Gasteiger partial charge in [-0.25, -0.2) is 15.1 Å². The summed E-state index contributed by atoms with van der Waals surface area (Å²) >= 11 is 3.74. The molecule has 1 amide bonds. The molecule has 0 atom stereocenters. The summed E-state index contributed by atoms with van der Waals surface area (Å²) in [7, 11) is 0. The first-order valence-corrected chi connectivity index (χ1v) is 7.76. The van der Waals surface area contributed by atoms with E-state index in [-0.39, 0.29) is 29.6 Å². The molecule has 2 aliphatic heterocycles. The van der Waals surface area contributed by atoms with Gasteiger partial charge in [-0.05, 0) is 0 Å². The number of carboxylic acid groups (broad SMARTS) is 1. The third-order valence-corrected chi connectivity index (χ3v) is 4.56. The number of nitrogens with zero attached hydrogens (tertiary/aromatic N) is 3. The number of carbonyl (C=O) groups is 1. The van der Waals surface area contributed by atoms with Gasteiger partial charge in [-0.2, -0.15) is 23.5 Å². The maximum atomic E-state index is 11.2. The van der Waals surface area contributed by atoms with Gasteiger partial charge in [0.05, 0.1) is 0 Å². The smallest absolute Gasteiger partial charge is 0.528 e. The van der Waals surface area contributed by atoms with Gasteiger partial charge in [0.15, 0.2) is 6.09 Å². The van der Waals surface area contributed by atoms with Crippen molar-refractivity contribution in [1.29, 1.82) is 0 Å². The molecule has 2 rings (SSSR count). The number of thioether (sulfide) groups is 2. The fourth-order valence-corrected chi connectivity index (χ4v) is 3.66. The summed E-state index contributed by atoms with van der Waals surface area (Å²) in [5.41, 5.74) is 0. The van der Waals surface area contributed by atoms with Crippen molar-refractivity contribution in [3.8, 4) is 0 Å². The first-order valence-electron chi connectivity index (χ1n) is 5.45. The summed E-state index contributed by atoms with van der Waals surface area (Å²) in [6.07, 6.45) is -1.10. The van der Waals surface area contributed by atoms with E-state index in [0.717, 1.165) is 49.2 Å². The van der Waals surface area contributed by atoms with Crippen LogP contribution < -0.4 is 34.7 Å². The molecule has 0 N–H and O–H groups in total. The van der Waals surface area contributed by atoms with Crippen molar-refractivity contribution in [1.82, 2.24) is 15.1 Å². The number of hydrogen-bond acceptors (Lipinski definition) is 6. The van der Waals surface area contributed by atoms with Crippen LogP contribution in [0.3, 0.4) is 0 Å². The van der Waals surface area contributed by atoms with Crippen LogP contribution in [0.2, 0.25) is 0 Å². The average molecular weight is 285 g/mol. The Balaban J connectivity index is 0.00000144. The number of rotatable bonds is 2. The molecule has 0 aromatic carbocycles. The minimum atomic E-state index is -1.10. The molecule has 0 radical (unpaired) electrons. The molecule has 0 aromatic rings. The monoisotopic (exact) mass is 285 g/mol. The zero-order valence-corrected chi connectivity index (χ0v) is 13.8. The number of hydrazine groups is 2. The molecule has 8 heteroatoms. The van der Waals surface area contributed by atoms with Crippen LogP contribution in [-0.4, -0.2) is 70.4 Å². The number of amides is 1. The molecule has 0 aromatic heterocycles. The first-order chi connectivity index (χ1) is 7.79. The van der Waals surface area contributed by atoms with Crippen LogP contribution in [0.4, 0.5) is 4.79 Å². The molecule has 92 valence electrons. The van der Waals surface area contributed by atoms with Crippen LogP contribution in [0.1, 0.15) is 0 Å². The van der Waals surface area contributed by atoms with Gasteiger partial charge in [0.1, 0.15) is 0 Å². The van der Waals surface area contributed by atoms with Crippen molar-refractivity contribution < 1.29 is 39.5 Å². The van der Waals surface area contributed by atoms with Crippen LogP contribution in [-0.2, 0) is 0 Å². The minimum absolute atomic E-state index is 0. The quantitative estimate of drug-likeness (QED) is 0.492. The SMILES string of the molecule is O=C([O-])N(N1CCSCC1)N1CCSCC1.[Na+]. The molecule has 0 bridgehead atoms. The topological polar surface area (TPSA) is 49.9 Å². The van der Waals surface area contributed by atoms with Crippen LogP contribution in [0.5, 0.6) is 0 Å². The second-order valence-electron chi connectivity index (χ2n) is 3.69. The molecule has 0 aliphatic carbocycles.